The van der Waals surface area contributed by atoms with Crippen LogP contribution >= 0.6 is 11.6 Å². The van der Waals surface area contributed by atoms with Gasteiger partial charge >= 0.3 is 0 Å². The molecule has 0 spiro atoms. The van der Waals surface area contributed by atoms with Gasteiger partial charge in [0.2, 0.25) is 0 Å². The van der Waals surface area contributed by atoms with E-state index in [2.05, 4.69) is 4.57 Å². The summed E-state index contributed by atoms with van der Waals surface area (Å²) in [5, 5.41) is 0.698. The third kappa shape index (κ3) is 3.15. The van der Waals surface area contributed by atoms with Gasteiger partial charge in [0.1, 0.15) is 0 Å². The van der Waals surface area contributed by atoms with Gasteiger partial charge in [-0.2, -0.15) is 0 Å². The Bertz CT molecular complexity index is 853. The van der Waals surface area contributed by atoms with E-state index in [-0.39, 0.29) is 0 Å². The fourth-order valence-electron chi connectivity index (χ4n) is 2.76. The van der Waals surface area contributed by atoms with Crippen molar-refractivity contribution in [2.75, 3.05) is 0 Å². The van der Waals surface area contributed by atoms with E-state index in [4.69, 9.17) is 17.3 Å². The molecule has 0 bridgehead atoms. The van der Waals surface area contributed by atoms with Crippen molar-refractivity contribution in [1.82, 2.24) is 4.57 Å². The molecule has 0 radical (unpaired) electrons. The molecule has 0 aliphatic carbocycles. The summed E-state index contributed by atoms with van der Waals surface area (Å²) in [5.41, 5.74) is 10.0. The molecule has 2 aromatic carbocycles. The predicted octanol–water partition coefficient (Wildman–Crippen LogP) is 4.26. The van der Waals surface area contributed by atoms with E-state index in [9.17, 15) is 4.79 Å². The summed E-state index contributed by atoms with van der Waals surface area (Å²) in [6.45, 7) is 2.54. The number of halogens is 1. The number of primary amides is 1. The van der Waals surface area contributed by atoms with Gasteiger partial charge in [0.05, 0.1) is 5.56 Å². The molecule has 0 saturated carbocycles. The van der Waals surface area contributed by atoms with Crippen LogP contribution in [0.4, 0.5) is 0 Å². The molecule has 3 aromatic rings. The largest absolute Gasteiger partial charge is 0.366 e. The second-order valence-corrected chi connectivity index (χ2v) is 5.91. The van der Waals surface area contributed by atoms with Crippen LogP contribution in [0.2, 0.25) is 5.02 Å². The van der Waals surface area contributed by atoms with Crippen molar-refractivity contribution in [1.29, 1.82) is 0 Å². The molecule has 0 aliphatic heterocycles. The summed E-state index contributed by atoms with van der Waals surface area (Å²) in [7, 11) is 0. The number of benzene rings is 2. The van der Waals surface area contributed by atoms with Crippen LogP contribution in [0.3, 0.4) is 0 Å². The van der Waals surface area contributed by atoms with Gasteiger partial charge in [-0.3, -0.25) is 4.79 Å². The lowest BCUT2D eigenvalue weighted by atomic mass is 10.1. The summed E-state index contributed by atoms with van der Waals surface area (Å²) in [6, 6.07) is 19.5. The number of carbonyl (C=O) groups excluding carboxylic acids is 1. The van der Waals surface area contributed by atoms with Crippen LogP contribution in [0.25, 0.3) is 11.3 Å². The number of hydrogen-bond acceptors (Lipinski definition) is 1. The molecule has 23 heavy (non-hydrogen) atoms. The minimum absolute atomic E-state index is 0.412. The lowest BCUT2D eigenvalue weighted by Crippen LogP contribution is -2.12. The van der Waals surface area contributed by atoms with Crippen LogP contribution in [0.1, 0.15) is 21.6 Å². The third-order valence-corrected chi connectivity index (χ3v) is 4.17. The van der Waals surface area contributed by atoms with E-state index in [1.54, 1.807) is 0 Å². The molecular formula is C19H17ClN2O. The van der Waals surface area contributed by atoms with Gasteiger partial charge in [0.25, 0.3) is 5.91 Å². The summed E-state index contributed by atoms with van der Waals surface area (Å²) >= 11 is 6.08. The molecule has 0 unspecified atom stereocenters. The lowest BCUT2D eigenvalue weighted by molar-refractivity contribution is 0.0999. The first-order chi connectivity index (χ1) is 11.1. The standard InChI is InChI=1S/C19H17ClN2O/c1-13-17(19(21)23)11-18(15-7-3-2-4-8-15)22(13)12-14-6-5-9-16(20)10-14/h2-11H,12H2,1H3,(H2,21,23). The van der Waals surface area contributed by atoms with Crippen molar-refractivity contribution in [3.63, 3.8) is 0 Å². The van der Waals surface area contributed by atoms with E-state index in [1.807, 2.05) is 67.6 Å². The van der Waals surface area contributed by atoms with Gasteiger partial charge in [-0.1, -0.05) is 54.1 Å². The Balaban J connectivity index is 2.12. The smallest absolute Gasteiger partial charge is 0.250 e. The molecular weight excluding hydrogens is 308 g/mol. The Kier molecular flexibility index (Phi) is 4.22. The van der Waals surface area contributed by atoms with Crippen molar-refractivity contribution in [3.05, 3.63) is 82.5 Å². The van der Waals surface area contributed by atoms with Gasteiger partial charge in [-0.05, 0) is 36.2 Å². The molecule has 1 heterocycles. The van der Waals surface area contributed by atoms with Crippen LogP contribution < -0.4 is 5.73 Å². The van der Waals surface area contributed by atoms with E-state index in [0.717, 1.165) is 22.5 Å². The van der Waals surface area contributed by atoms with Gasteiger partial charge in [-0.15, -0.1) is 0 Å². The molecule has 3 nitrogen and oxygen atoms in total. The second kappa shape index (κ2) is 6.31. The Morgan fingerprint density at radius 1 is 1.09 bits per heavy atom. The third-order valence-electron chi connectivity index (χ3n) is 3.93. The van der Waals surface area contributed by atoms with Crippen LogP contribution in [-0.4, -0.2) is 10.5 Å². The Labute approximate surface area is 140 Å². The Morgan fingerprint density at radius 3 is 2.48 bits per heavy atom. The summed E-state index contributed by atoms with van der Waals surface area (Å²) < 4.78 is 2.10. The van der Waals surface area contributed by atoms with Crippen LogP contribution in [0, 0.1) is 6.92 Å². The number of aromatic nitrogens is 1. The average molecular weight is 325 g/mol. The number of amides is 1. The summed E-state index contributed by atoms with van der Waals surface area (Å²) in [6.07, 6.45) is 0. The fraction of sp³-hybridized carbons (Fsp3) is 0.105. The minimum atomic E-state index is -0.412. The monoisotopic (exact) mass is 324 g/mol. The molecule has 116 valence electrons. The molecule has 1 aromatic heterocycles. The second-order valence-electron chi connectivity index (χ2n) is 5.48. The zero-order valence-electron chi connectivity index (χ0n) is 12.8. The lowest BCUT2D eigenvalue weighted by Gasteiger charge is -2.12. The quantitative estimate of drug-likeness (QED) is 0.765. The maximum atomic E-state index is 11.7. The summed E-state index contributed by atoms with van der Waals surface area (Å²) in [5.74, 6) is -0.412. The van der Waals surface area contributed by atoms with Crippen molar-refractivity contribution in [2.24, 2.45) is 5.73 Å². The Hall–Kier alpha value is -2.52. The van der Waals surface area contributed by atoms with Crippen molar-refractivity contribution in [2.45, 2.75) is 13.5 Å². The molecule has 2 N–H and O–H groups in total. The average Bonchev–Trinajstić information content (AvgIpc) is 2.86. The van der Waals surface area contributed by atoms with Gasteiger partial charge in [-0.25, -0.2) is 0 Å². The molecule has 0 atom stereocenters. The summed E-state index contributed by atoms with van der Waals surface area (Å²) in [4.78, 5) is 11.7. The highest BCUT2D eigenvalue weighted by atomic mass is 35.5. The molecule has 1 amide bonds. The maximum Gasteiger partial charge on any atom is 0.250 e. The van der Waals surface area contributed by atoms with E-state index < -0.39 is 5.91 Å². The number of rotatable bonds is 4. The molecule has 0 aliphatic rings. The zero-order valence-corrected chi connectivity index (χ0v) is 13.5. The van der Waals surface area contributed by atoms with Crippen LogP contribution in [0.15, 0.2) is 60.7 Å². The zero-order chi connectivity index (χ0) is 16.4. The first kappa shape index (κ1) is 15.4. The normalized spacial score (nSPS) is 10.7. The van der Waals surface area contributed by atoms with Gasteiger partial charge in [0, 0.05) is 23.0 Å². The highest BCUT2D eigenvalue weighted by Crippen LogP contribution is 2.27. The van der Waals surface area contributed by atoms with Gasteiger partial charge in [0.15, 0.2) is 0 Å². The minimum Gasteiger partial charge on any atom is -0.366 e. The van der Waals surface area contributed by atoms with E-state index in [0.29, 0.717) is 17.1 Å². The van der Waals surface area contributed by atoms with E-state index in [1.165, 1.54) is 0 Å². The number of nitrogens with two attached hydrogens (primary N) is 1. The van der Waals surface area contributed by atoms with Crippen molar-refractivity contribution >= 4 is 17.5 Å². The molecule has 0 fully saturated rings. The highest BCUT2D eigenvalue weighted by molar-refractivity contribution is 6.30. The Morgan fingerprint density at radius 2 is 1.83 bits per heavy atom. The molecule has 4 heteroatoms. The van der Waals surface area contributed by atoms with Crippen LogP contribution in [-0.2, 0) is 6.54 Å². The SMILES string of the molecule is Cc1c(C(N)=O)cc(-c2ccccc2)n1Cc1cccc(Cl)c1. The van der Waals surface area contributed by atoms with Crippen LogP contribution in [0.5, 0.6) is 0 Å². The fourth-order valence-corrected chi connectivity index (χ4v) is 2.98. The van der Waals surface area contributed by atoms with Gasteiger partial charge < -0.3 is 10.3 Å². The topological polar surface area (TPSA) is 48.0 Å². The first-order valence-electron chi connectivity index (χ1n) is 7.36. The number of hydrogen-bond donors (Lipinski definition) is 1. The number of carbonyl (C=O) groups is 1. The molecule has 0 saturated heterocycles. The van der Waals surface area contributed by atoms with Crippen molar-refractivity contribution < 1.29 is 4.79 Å². The predicted molar refractivity (Wildman–Crippen MR) is 93.7 cm³/mol. The van der Waals surface area contributed by atoms with Crippen molar-refractivity contribution in [3.8, 4) is 11.3 Å². The first-order valence-corrected chi connectivity index (χ1v) is 7.74. The molecule has 3 rings (SSSR count). The highest BCUT2D eigenvalue weighted by Gasteiger charge is 2.16. The van der Waals surface area contributed by atoms with E-state index >= 15 is 0 Å². The number of nitrogens with zero attached hydrogens (tertiary/aromatic N) is 1. The maximum absolute atomic E-state index is 11.7.